The van der Waals surface area contributed by atoms with E-state index in [1.54, 1.807) is 12.1 Å². The molecule has 1 heteroatoms. The Labute approximate surface area is 81.8 Å². The summed E-state index contributed by atoms with van der Waals surface area (Å²) in [5.41, 5.74) is 2.31. The minimum atomic E-state index is -1.28. The third kappa shape index (κ3) is 1.58. The van der Waals surface area contributed by atoms with Gasteiger partial charge in [-0.3, -0.25) is 0 Å². The van der Waals surface area contributed by atoms with Crippen LogP contribution < -0.4 is 0 Å². The second-order valence-electron chi connectivity index (χ2n) is 3.67. The van der Waals surface area contributed by atoms with Crippen molar-refractivity contribution in [2.75, 3.05) is 0 Å². The number of fused-ring (bicyclic) bond motifs is 1. The van der Waals surface area contributed by atoms with Crippen LogP contribution in [0.1, 0.15) is 32.8 Å². The molecule has 1 nitrogen and oxygen atoms in total. The summed E-state index contributed by atoms with van der Waals surface area (Å²) in [7, 11) is 0. The van der Waals surface area contributed by atoms with E-state index in [1.165, 1.54) is 0 Å². The van der Waals surface area contributed by atoms with Crippen LogP contribution in [-0.2, 0) is 12.8 Å². The average Bonchev–Trinajstić information content (AvgIpc) is 2.16. The van der Waals surface area contributed by atoms with E-state index in [2.05, 4.69) is 13.0 Å². The van der Waals surface area contributed by atoms with E-state index in [1.807, 2.05) is 6.07 Å². The summed E-state index contributed by atoms with van der Waals surface area (Å²) < 4.78 is 15.9. The van der Waals surface area contributed by atoms with Crippen LogP contribution in [-0.4, -0.2) is 0 Å². The van der Waals surface area contributed by atoms with Gasteiger partial charge in [0.1, 0.15) is 0 Å². The molecule has 0 amide bonds. The lowest BCUT2D eigenvalue weighted by atomic mass is 9.84. The Morgan fingerprint density at radius 3 is 3.15 bits per heavy atom. The van der Waals surface area contributed by atoms with Crippen LogP contribution in [0.4, 0.5) is 0 Å². The highest BCUT2D eigenvalue weighted by Crippen LogP contribution is 2.25. The molecule has 13 heavy (non-hydrogen) atoms. The van der Waals surface area contributed by atoms with Crippen molar-refractivity contribution in [1.29, 1.82) is 5.26 Å². The minimum absolute atomic E-state index is 0.375. The summed E-state index contributed by atoms with van der Waals surface area (Å²) in [6.07, 6.45) is 0.190. The largest absolute Gasteiger partial charge is 0.192 e. The van der Waals surface area contributed by atoms with Gasteiger partial charge < -0.3 is 0 Å². The molecule has 0 saturated heterocycles. The molecule has 2 rings (SSSR count). The average molecular weight is 173 g/mol. The molecule has 1 aliphatic rings. The number of hydrogen-bond acceptors (Lipinski definition) is 1. The van der Waals surface area contributed by atoms with Gasteiger partial charge >= 0.3 is 0 Å². The van der Waals surface area contributed by atoms with E-state index in [0.29, 0.717) is 23.5 Å². The minimum Gasteiger partial charge on any atom is -0.192 e. The Kier molecular flexibility index (Phi) is 1.54. The van der Waals surface area contributed by atoms with E-state index in [4.69, 9.17) is 8.00 Å². The smallest absolute Gasteiger partial charge is 0.0991 e. The molecule has 0 radical (unpaired) electrons. The highest BCUT2D eigenvalue weighted by atomic mass is 14.2. The molecule has 0 aromatic heterocycles. The fourth-order valence-corrected chi connectivity index (χ4v) is 1.72. The lowest BCUT2D eigenvalue weighted by molar-refractivity contribution is 0.501. The van der Waals surface area contributed by atoms with E-state index >= 15 is 0 Å². The van der Waals surface area contributed by atoms with Gasteiger partial charge in [0.25, 0.3) is 0 Å². The molecule has 0 fully saturated rings. The van der Waals surface area contributed by atoms with Crippen molar-refractivity contribution < 1.29 is 2.74 Å². The van der Waals surface area contributed by atoms with Gasteiger partial charge in [0.2, 0.25) is 0 Å². The zero-order chi connectivity index (χ0) is 11.1. The van der Waals surface area contributed by atoms with Crippen molar-refractivity contribution >= 4 is 0 Å². The lowest BCUT2D eigenvalue weighted by Gasteiger charge is -2.21. The number of aryl methyl sites for hydroxylation is 1. The molecule has 0 bridgehead atoms. The Morgan fingerprint density at radius 2 is 2.38 bits per heavy atom. The molecule has 0 N–H and O–H groups in total. The second-order valence-corrected chi connectivity index (χ2v) is 3.67. The maximum atomic E-state index is 8.79. The molecule has 1 atom stereocenters. The number of hydrogen-bond donors (Lipinski definition) is 0. The highest BCUT2D eigenvalue weighted by Gasteiger charge is 2.14. The molecule has 66 valence electrons. The van der Waals surface area contributed by atoms with Crippen LogP contribution in [0.5, 0.6) is 0 Å². The molecule has 0 aliphatic heterocycles. The Bertz CT molecular complexity index is 432. The van der Waals surface area contributed by atoms with E-state index in [9.17, 15) is 0 Å². The quantitative estimate of drug-likeness (QED) is 0.591. The maximum Gasteiger partial charge on any atom is 0.0991 e. The first kappa shape index (κ1) is 6.21. The van der Waals surface area contributed by atoms with Crippen LogP contribution in [0.3, 0.4) is 0 Å². The highest BCUT2D eigenvalue weighted by molar-refractivity contribution is 5.39. The van der Waals surface area contributed by atoms with Crippen molar-refractivity contribution in [3.8, 4) is 6.07 Å². The SMILES string of the molecule is [2H]C1([2H])CC(C)Cc2ccc(C#N)cc21. The van der Waals surface area contributed by atoms with E-state index < -0.39 is 6.37 Å². The summed E-state index contributed by atoms with van der Waals surface area (Å²) in [5, 5.41) is 8.79. The van der Waals surface area contributed by atoms with Crippen molar-refractivity contribution in [3.63, 3.8) is 0 Å². The molecule has 1 aliphatic carbocycles. The van der Waals surface area contributed by atoms with Gasteiger partial charge in [-0.2, -0.15) is 5.26 Å². The topological polar surface area (TPSA) is 23.8 Å². The number of nitriles is 1. The summed E-state index contributed by atoms with van der Waals surface area (Å²) in [5.74, 6) is 0.375. The first-order valence-corrected chi connectivity index (χ1v) is 4.56. The van der Waals surface area contributed by atoms with Crippen molar-refractivity contribution in [2.45, 2.75) is 26.1 Å². The van der Waals surface area contributed by atoms with Gasteiger partial charge in [-0.1, -0.05) is 13.0 Å². The Hall–Kier alpha value is -1.29. The number of benzene rings is 1. The summed E-state index contributed by atoms with van der Waals surface area (Å²) in [6.45, 7) is 2.07. The zero-order valence-electron chi connectivity index (χ0n) is 9.67. The molecule has 0 heterocycles. The number of nitrogens with zero attached hydrogens (tertiary/aromatic N) is 1. The fraction of sp³-hybridized carbons (Fsp3) is 0.417. The van der Waals surface area contributed by atoms with Gasteiger partial charge in [0.15, 0.2) is 0 Å². The van der Waals surface area contributed by atoms with E-state index in [0.717, 1.165) is 12.0 Å². The van der Waals surface area contributed by atoms with Crippen molar-refractivity contribution in [1.82, 2.24) is 0 Å². The van der Waals surface area contributed by atoms with Crippen LogP contribution >= 0.6 is 0 Å². The molecule has 0 saturated carbocycles. The number of rotatable bonds is 0. The molecular formula is C12H13N. The normalized spacial score (nSPS) is 26.6. The fourth-order valence-electron chi connectivity index (χ4n) is 1.72. The Balaban J connectivity index is 2.54. The first-order chi connectivity index (χ1) is 7.03. The molecular weight excluding hydrogens is 158 g/mol. The first-order valence-electron chi connectivity index (χ1n) is 5.56. The predicted molar refractivity (Wildman–Crippen MR) is 52.3 cm³/mol. The predicted octanol–water partition coefficient (Wildman–Crippen LogP) is 2.68. The van der Waals surface area contributed by atoms with Gasteiger partial charge in [0.05, 0.1) is 11.6 Å². The van der Waals surface area contributed by atoms with Gasteiger partial charge in [-0.05, 0) is 48.4 Å². The molecule has 1 aromatic carbocycles. The standard InChI is InChI=1S/C12H13N/c1-9-2-4-12-7-10(8-13)3-5-11(12)6-9/h3,5,7,9H,2,4,6H2,1H3/i4D2. The van der Waals surface area contributed by atoms with E-state index in [-0.39, 0.29) is 0 Å². The van der Waals surface area contributed by atoms with Crippen LogP contribution in [0, 0.1) is 17.2 Å². The lowest BCUT2D eigenvalue weighted by Crippen LogP contribution is -2.11. The van der Waals surface area contributed by atoms with Crippen LogP contribution in [0.25, 0.3) is 0 Å². The summed E-state index contributed by atoms with van der Waals surface area (Å²) in [6, 6.07) is 7.42. The summed E-state index contributed by atoms with van der Waals surface area (Å²) >= 11 is 0. The molecule has 0 spiro atoms. The third-order valence-electron chi connectivity index (χ3n) is 2.45. The third-order valence-corrected chi connectivity index (χ3v) is 2.45. The van der Waals surface area contributed by atoms with Gasteiger partial charge in [-0.15, -0.1) is 0 Å². The molecule has 1 unspecified atom stereocenters. The van der Waals surface area contributed by atoms with Gasteiger partial charge in [0, 0.05) is 2.74 Å². The van der Waals surface area contributed by atoms with Crippen LogP contribution in [0.2, 0.25) is 0 Å². The van der Waals surface area contributed by atoms with Crippen LogP contribution in [0.15, 0.2) is 18.2 Å². The maximum absolute atomic E-state index is 8.79. The second kappa shape index (κ2) is 3.22. The van der Waals surface area contributed by atoms with Gasteiger partial charge in [-0.25, -0.2) is 0 Å². The van der Waals surface area contributed by atoms with Crippen molar-refractivity contribution in [2.24, 2.45) is 5.92 Å². The Morgan fingerprint density at radius 1 is 1.54 bits per heavy atom. The summed E-state index contributed by atoms with van der Waals surface area (Å²) in [4.78, 5) is 0. The monoisotopic (exact) mass is 173 g/mol. The molecule has 1 aromatic rings. The zero-order valence-corrected chi connectivity index (χ0v) is 7.67. The van der Waals surface area contributed by atoms with Crippen molar-refractivity contribution in [3.05, 3.63) is 34.9 Å².